The monoisotopic (exact) mass is 683 g/mol. The van der Waals surface area contributed by atoms with Gasteiger partial charge in [-0.25, -0.2) is 0 Å². The molecule has 0 aliphatic heterocycles. The van der Waals surface area contributed by atoms with Crippen molar-refractivity contribution in [3.63, 3.8) is 0 Å². The highest BCUT2D eigenvalue weighted by atomic mass is 15.1. The van der Waals surface area contributed by atoms with Gasteiger partial charge in [0.2, 0.25) is 0 Å². The molecule has 0 heterocycles. The molecule has 0 spiro atoms. The maximum absolute atomic E-state index is 9.78. The molecule has 0 bridgehead atoms. The molecule has 0 aromatic heterocycles. The van der Waals surface area contributed by atoms with E-state index in [1.807, 2.05) is 127 Å². The van der Waals surface area contributed by atoms with E-state index in [9.17, 15) is 11.0 Å². The minimum absolute atomic E-state index is 0.127. The smallest absolute Gasteiger partial charge is 0.0645 e. The molecule has 9 aromatic rings. The Morgan fingerprint density at radius 1 is 0.415 bits per heavy atom. The van der Waals surface area contributed by atoms with Gasteiger partial charge in [0.05, 0.1) is 16.7 Å². The fourth-order valence-electron chi connectivity index (χ4n) is 8.14. The molecule has 10 rings (SSSR count). The predicted octanol–water partition coefficient (Wildman–Crippen LogP) is 14.1. The summed E-state index contributed by atoms with van der Waals surface area (Å²) in [5, 5.41) is 3.32. The standard InChI is InChI=1S/C52H37N/c1-52(40-18-3-2-4-19-40)48-25-10-9-22-47(48)51-49(52)26-13-27-50(51)53(41-32-28-38(29-33-41)45-23-11-16-36-14-5-7-20-43(36)45)42-34-30-39(31-35-42)46-24-12-17-37-15-6-8-21-44(37)46/h2-35H,1H3/i28D,29D,30D,31D,32D,33D,34D,35D. The summed E-state index contributed by atoms with van der Waals surface area (Å²) in [5.74, 6) is 0. The Hall–Kier alpha value is -6.70. The summed E-state index contributed by atoms with van der Waals surface area (Å²) in [5.41, 5.74) is 5.29. The van der Waals surface area contributed by atoms with Gasteiger partial charge in [0, 0.05) is 22.4 Å². The molecule has 0 fully saturated rings. The number of hydrogen-bond donors (Lipinski definition) is 0. The van der Waals surface area contributed by atoms with Gasteiger partial charge in [-0.15, -0.1) is 0 Å². The highest BCUT2D eigenvalue weighted by Crippen LogP contribution is 2.56. The Morgan fingerprint density at radius 2 is 0.868 bits per heavy atom. The van der Waals surface area contributed by atoms with Crippen LogP contribution in [0.25, 0.3) is 54.9 Å². The zero-order valence-corrected chi connectivity index (χ0v) is 29.0. The lowest BCUT2D eigenvalue weighted by Crippen LogP contribution is -2.22. The molecule has 0 radical (unpaired) electrons. The normalized spacial score (nSPS) is 16.7. The highest BCUT2D eigenvalue weighted by Gasteiger charge is 2.42. The van der Waals surface area contributed by atoms with Crippen LogP contribution in [-0.4, -0.2) is 0 Å². The van der Waals surface area contributed by atoms with Crippen molar-refractivity contribution in [1.29, 1.82) is 0 Å². The van der Waals surface area contributed by atoms with Crippen LogP contribution < -0.4 is 4.90 Å². The molecule has 9 aromatic carbocycles. The Bertz CT molecular complexity index is 3060. The van der Waals surface area contributed by atoms with E-state index in [0.717, 1.165) is 49.4 Å². The van der Waals surface area contributed by atoms with E-state index in [1.165, 1.54) is 4.90 Å². The van der Waals surface area contributed by atoms with Crippen molar-refractivity contribution in [2.45, 2.75) is 12.3 Å². The van der Waals surface area contributed by atoms with Gasteiger partial charge >= 0.3 is 0 Å². The first-order valence-corrected chi connectivity index (χ1v) is 17.8. The summed E-state index contributed by atoms with van der Waals surface area (Å²) in [6, 6.07) is 47.6. The molecule has 250 valence electrons. The summed E-state index contributed by atoms with van der Waals surface area (Å²) in [6.07, 6.45) is 0. The molecule has 0 N–H and O–H groups in total. The van der Waals surface area contributed by atoms with Crippen molar-refractivity contribution < 1.29 is 11.0 Å². The molecule has 0 saturated heterocycles. The van der Waals surface area contributed by atoms with Crippen molar-refractivity contribution in [2.24, 2.45) is 0 Å². The van der Waals surface area contributed by atoms with Crippen LogP contribution >= 0.6 is 0 Å². The van der Waals surface area contributed by atoms with E-state index in [1.54, 1.807) is 12.1 Å². The highest BCUT2D eigenvalue weighted by molar-refractivity contribution is 6.00. The third kappa shape index (κ3) is 5.00. The second-order valence-corrected chi connectivity index (χ2v) is 13.6. The molecule has 0 amide bonds. The van der Waals surface area contributed by atoms with Gasteiger partial charge in [0.25, 0.3) is 0 Å². The average molecular weight is 684 g/mol. The lowest BCUT2D eigenvalue weighted by atomic mass is 9.74. The second-order valence-electron chi connectivity index (χ2n) is 13.6. The third-order valence-corrected chi connectivity index (χ3v) is 10.7. The van der Waals surface area contributed by atoms with Crippen LogP contribution in [0, 0.1) is 0 Å². The Balaban J connectivity index is 1.31. The fraction of sp³-hybridized carbons (Fsp3) is 0.0385. The van der Waals surface area contributed by atoms with E-state index in [2.05, 4.69) is 25.1 Å². The molecule has 1 unspecified atom stereocenters. The molecule has 1 heteroatoms. The first kappa shape index (κ1) is 23.7. The van der Waals surface area contributed by atoms with E-state index in [4.69, 9.17) is 0 Å². The van der Waals surface area contributed by atoms with E-state index >= 15 is 0 Å². The van der Waals surface area contributed by atoms with Gasteiger partial charge in [0.1, 0.15) is 0 Å². The van der Waals surface area contributed by atoms with Crippen LogP contribution in [0.1, 0.15) is 34.6 Å². The summed E-state index contributed by atoms with van der Waals surface area (Å²) >= 11 is 0. The van der Waals surface area contributed by atoms with Gasteiger partial charge in [0.15, 0.2) is 0 Å². The number of benzene rings is 9. The van der Waals surface area contributed by atoms with Crippen molar-refractivity contribution >= 4 is 38.6 Å². The van der Waals surface area contributed by atoms with Gasteiger partial charge in [-0.2, -0.15) is 0 Å². The van der Waals surface area contributed by atoms with Crippen LogP contribution in [0.3, 0.4) is 0 Å². The van der Waals surface area contributed by atoms with Crippen LogP contribution in [0.2, 0.25) is 0 Å². The molecule has 1 atom stereocenters. The van der Waals surface area contributed by atoms with Crippen molar-refractivity contribution in [1.82, 2.24) is 0 Å². The number of fused-ring (bicyclic) bond motifs is 5. The zero-order valence-electron chi connectivity index (χ0n) is 37.0. The van der Waals surface area contributed by atoms with Gasteiger partial charge in [-0.1, -0.05) is 176 Å². The average Bonchev–Trinajstić information content (AvgIpc) is 3.56. The van der Waals surface area contributed by atoms with Crippen LogP contribution in [-0.2, 0) is 5.41 Å². The Labute approximate surface area is 322 Å². The molecule has 53 heavy (non-hydrogen) atoms. The topological polar surface area (TPSA) is 3.24 Å². The Morgan fingerprint density at radius 3 is 1.47 bits per heavy atom. The molecular weight excluding hydrogens is 639 g/mol. The van der Waals surface area contributed by atoms with E-state index in [-0.39, 0.29) is 70.8 Å². The van der Waals surface area contributed by atoms with Crippen molar-refractivity contribution in [3.05, 3.63) is 223 Å². The number of nitrogens with zero attached hydrogens (tertiary/aromatic N) is 1. The van der Waals surface area contributed by atoms with Crippen molar-refractivity contribution in [3.8, 4) is 33.4 Å². The minimum Gasteiger partial charge on any atom is -0.310 e. The lowest BCUT2D eigenvalue weighted by Gasteiger charge is -2.30. The summed E-state index contributed by atoms with van der Waals surface area (Å²) in [7, 11) is 0. The summed E-state index contributed by atoms with van der Waals surface area (Å²) < 4.78 is 77.4. The van der Waals surface area contributed by atoms with Gasteiger partial charge in [-0.05, 0) is 103 Å². The fourth-order valence-corrected chi connectivity index (χ4v) is 8.14. The summed E-state index contributed by atoms with van der Waals surface area (Å²) in [4.78, 5) is 1.45. The first-order chi connectivity index (χ1) is 29.5. The van der Waals surface area contributed by atoms with E-state index in [0.29, 0.717) is 16.8 Å². The van der Waals surface area contributed by atoms with Crippen LogP contribution in [0.4, 0.5) is 17.1 Å². The lowest BCUT2D eigenvalue weighted by molar-refractivity contribution is 0.714. The second kappa shape index (κ2) is 12.5. The molecule has 1 aliphatic rings. The third-order valence-electron chi connectivity index (χ3n) is 10.7. The zero-order chi connectivity index (χ0) is 42.3. The summed E-state index contributed by atoms with van der Waals surface area (Å²) in [6.45, 7) is 2.16. The molecular formula is C52H37N. The van der Waals surface area contributed by atoms with Gasteiger partial charge in [-0.3, -0.25) is 0 Å². The SMILES string of the molecule is [2H]c1c([2H])c(N(c2cccc3c2-c2ccccc2C3(C)c2ccccc2)c2c([2H])c([2H])c(-c3cccc4ccccc34)c([2H])c2[2H])c([2H])c([2H])c1-c1cccc2ccccc12. The number of anilines is 3. The quantitative estimate of drug-likeness (QED) is 0.169. The minimum atomic E-state index is -0.658. The maximum Gasteiger partial charge on any atom is 0.0645 e. The van der Waals surface area contributed by atoms with Crippen molar-refractivity contribution in [2.75, 3.05) is 4.90 Å². The Kier molecular flexibility index (Phi) is 5.60. The maximum atomic E-state index is 9.78. The van der Waals surface area contributed by atoms with Gasteiger partial charge < -0.3 is 4.90 Å². The number of hydrogen-bond acceptors (Lipinski definition) is 1. The molecule has 0 saturated carbocycles. The number of rotatable bonds is 6. The molecule has 1 aliphatic carbocycles. The largest absolute Gasteiger partial charge is 0.310 e. The predicted molar refractivity (Wildman–Crippen MR) is 224 cm³/mol. The van der Waals surface area contributed by atoms with Crippen LogP contribution in [0.5, 0.6) is 0 Å². The molecule has 1 nitrogen and oxygen atoms in total. The van der Waals surface area contributed by atoms with Crippen LogP contribution in [0.15, 0.2) is 206 Å². The van der Waals surface area contributed by atoms with E-state index < -0.39 is 5.41 Å². The first-order valence-electron chi connectivity index (χ1n) is 21.8.